The SMILES string of the molecule is COc1ccc(COc2ccc(Nc3ccc4ncc(NC5CCN(Cc6ccccc6)CC5)nc4c3C#N)cc2OC)cc1. The molecule has 1 aromatic heterocycles. The van der Waals surface area contributed by atoms with Crippen molar-refractivity contribution in [2.24, 2.45) is 0 Å². The zero-order chi connectivity index (χ0) is 31.0. The van der Waals surface area contributed by atoms with Gasteiger partial charge >= 0.3 is 0 Å². The first-order chi connectivity index (χ1) is 22.1. The maximum absolute atomic E-state index is 10.2. The third-order valence-corrected chi connectivity index (χ3v) is 8.01. The number of nitrogens with one attached hydrogen (secondary N) is 2. The van der Waals surface area contributed by atoms with Crippen LogP contribution in [-0.4, -0.2) is 48.2 Å². The Morgan fingerprint density at radius 1 is 0.889 bits per heavy atom. The number of fused-ring (bicyclic) bond motifs is 1. The number of likely N-dealkylation sites (tertiary alicyclic amines) is 1. The lowest BCUT2D eigenvalue weighted by atomic mass is 10.0. The van der Waals surface area contributed by atoms with E-state index in [0.717, 1.165) is 49.5 Å². The molecule has 0 spiro atoms. The molecular formula is C36H36N6O3. The van der Waals surface area contributed by atoms with Crippen molar-refractivity contribution >= 4 is 28.2 Å². The number of hydrogen-bond acceptors (Lipinski definition) is 9. The highest BCUT2D eigenvalue weighted by atomic mass is 16.5. The van der Waals surface area contributed by atoms with Crippen LogP contribution in [0.3, 0.4) is 0 Å². The fourth-order valence-electron chi connectivity index (χ4n) is 5.55. The minimum atomic E-state index is 0.300. The minimum Gasteiger partial charge on any atom is -0.497 e. The number of piperidine rings is 1. The van der Waals surface area contributed by atoms with E-state index >= 15 is 0 Å². The number of ether oxygens (including phenoxy) is 3. The molecule has 0 radical (unpaired) electrons. The van der Waals surface area contributed by atoms with E-state index in [2.05, 4.69) is 56.9 Å². The van der Waals surface area contributed by atoms with Gasteiger partial charge in [-0.25, -0.2) is 4.98 Å². The monoisotopic (exact) mass is 600 g/mol. The van der Waals surface area contributed by atoms with Crippen LogP contribution in [0.15, 0.2) is 91.1 Å². The molecule has 9 nitrogen and oxygen atoms in total. The Morgan fingerprint density at radius 2 is 1.69 bits per heavy atom. The Balaban J connectivity index is 1.12. The van der Waals surface area contributed by atoms with Gasteiger partial charge in [-0.05, 0) is 60.4 Å². The second-order valence-corrected chi connectivity index (χ2v) is 11.0. The van der Waals surface area contributed by atoms with Gasteiger partial charge in [0.05, 0.1) is 31.6 Å². The molecule has 1 fully saturated rings. The molecule has 0 atom stereocenters. The van der Waals surface area contributed by atoms with E-state index in [9.17, 15) is 5.26 Å². The van der Waals surface area contributed by atoms with E-state index in [1.165, 1.54) is 5.56 Å². The molecule has 2 heterocycles. The third kappa shape index (κ3) is 7.25. The first-order valence-corrected chi connectivity index (χ1v) is 15.1. The average Bonchev–Trinajstić information content (AvgIpc) is 3.09. The highest BCUT2D eigenvalue weighted by molar-refractivity contribution is 5.89. The van der Waals surface area contributed by atoms with Crippen LogP contribution in [0.4, 0.5) is 17.2 Å². The zero-order valence-electron chi connectivity index (χ0n) is 25.5. The van der Waals surface area contributed by atoms with Crippen molar-refractivity contribution < 1.29 is 14.2 Å². The normalized spacial score (nSPS) is 13.6. The second-order valence-electron chi connectivity index (χ2n) is 11.0. The van der Waals surface area contributed by atoms with Crippen molar-refractivity contribution in [2.75, 3.05) is 37.9 Å². The molecule has 4 aromatic carbocycles. The molecule has 6 rings (SSSR count). The Hall–Kier alpha value is -5.33. The van der Waals surface area contributed by atoms with Crippen LogP contribution in [0, 0.1) is 11.3 Å². The predicted octanol–water partition coefficient (Wildman–Crippen LogP) is 6.92. The van der Waals surface area contributed by atoms with Crippen molar-refractivity contribution in [2.45, 2.75) is 32.0 Å². The van der Waals surface area contributed by atoms with Crippen LogP contribution in [0.25, 0.3) is 11.0 Å². The highest BCUT2D eigenvalue weighted by Gasteiger charge is 2.20. The maximum atomic E-state index is 10.2. The van der Waals surface area contributed by atoms with Crippen molar-refractivity contribution in [1.82, 2.24) is 14.9 Å². The number of benzene rings is 4. The van der Waals surface area contributed by atoms with Gasteiger partial charge in [0.1, 0.15) is 35.3 Å². The standard InChI is InChI=1S/C36H36N6O3/c1-43-29-11-8-26(9-12-29)24-45-33-15-10-28(20-34(33)44-2)39-31-13-14-32-36(30(31)21-37)41-35(22-38-32)40-27-16-18-42(19-17-27)23-25-6-4-3-5-7-25/h3-15,20,22,27,39H,16-19,23-24H2,1-2H3,(H,40,41). The van der Waals surface area contributed by atoms with Crippen molar-refractivity contribution in [1.29, 1.82) is 5.26 Å². The molecular weight excluding hydrogens is 564 g/mol. The van der Waals surface area contributed by atoms with Crippen molar-refractivity contribution in [3.05, 3.63) is 108 Å². The molecule has 0 unspecified atom stereocenters. The zero-order valence-corrected chi connectivity index (χ0v) is 25.5. The van der Waals surface area contributed by atoms with Gasteiger partial charge in [-0.2, -0.15) is 5.26 Å². The number of anilines is 3. The Morgan fingerprint density at radius 3 is 2.42 bits per heavy atom. The van der Waals surface area contributed by atoms with Gasteiger partial charge in [0, 0.05) is 37.4 Å². The fraction of sp³-hybridized carbons (Fsp3) is 0.250. The molecule has 0 aliphatic carbocycles. The lowest BCUT2D eigenvalue weighted by molar-refractivity contribution is 0.211. The molecule has 0 bridgehead atoms. The van der Waals surface area contributed by atoms with Gasteiger partial charge in [0.2, 0.25) is 0 Å². The number of nitriles is 1. The molecule has 5 aromatic rings. The van der Waals surface area contributed by atoms with E-state index in [0.29, 0.717) is 52.2 Å². The molecule has 9 heteroatoms. The number of nitrogens with zero attached hydrogens (tertiary/aromatic N) is 4. The number of aromatic nitrogens is 2. The molecule has 228 valence electrons. The van der Waals surface area contributed by atoms with E-state index in [-0.39, 0.29) is 0 Å². The molecule has 2 N–H and O–H groups in total. The summed E-state index contributed by atoms with van der Waals surface area (Å²) in [5, 5.41) is 17.1. The first-order valence-electron chi connectivity index (χ1n) is 15.1. The summed E-state index contributed by atoms with van der Waals surface area (Å²) in [7, 11) is 3.25. The summed E-state index contributed by atoms with van der Waals surface area (Å²) in [6, 6.07) is 30.3. The Labute approximate surface area is 263 Å². The Kier molecular flexibility index (Phi) is 9.23. The molecule has 1 aliphatic rings. The van der Waals surface area contributed by atoms with E-state index in [1.54, 1.807) is 20.4 Å². The van der Waals surface area contributed by atoms with Crippen LogP contribution >= 0.6 is 0 Å². The van der Waals surface area contributed by atoms with Crippen molar-refractivity contribution in [3.63, 3.8) is 0 Å². The Bertz CT molecular complexity index is 1780. The minimum absolute atomic E-state index is 0.300. The first kappa shape index (κ1) is 29.7. The molecule has 1 saturated heterocycles. The van der Waals surface area contributed by atoms with Crippen molar-refractivity contribution in [3.8, 4) is 23.3 Å². The predicted molar refractivity (Wildman–Crippen MR) is 176 cm³/mol. The van der Waals surface area contributed by atoms with Crippen LogP contribution in [0.5, 0.6) is 17.2 Å². The summed E-state index contributed by atoms with van der Waals surface area (Å²) in [6.07, 6.45) is 3.78. The molecule has 45 heavy (non-hydrogen) atoms. The average molecular weight is 601 g/mol. The van der Waals surface area contributed by atoms with Crippen LogP contribution in [0.1, 0.15) is 29.5 Å². The summed E-state index contributed by atoms with van der Waals surface area (Å²) in [5.74, 6) is 2.67. The van der Waals surface area contributed by atoms with E-state index in [1.807, 2.05) is 54.6 Å². The largest absolute Gasteiger partial charge is 0.497 e. The molecule has 0 amide bonds. The van der Waals surface area contributed by atoms with Gasteiger partial charge in [-0.1, -0.05) is 42.5 Å². The van der Waals surface area contributed by atoms with Crippen LogP contribution in [-0.2, 0) is 13.2 Å². The summed E-state index contributed by atoms with van der Waals surface area (Å²) < 4.78 is 16.9. The van der Waals surface area contributed by atoms with Crippen LogP contribution < -0.4 is 24.8 Å². The van der Waals surface area contributed by atoms with Gasteiger partial charge < -0.3 is 24.8 Å². The lowest BCUT2D eigenvalue weighted by Crippen LogP contribution is -2.38. The molecule has 0 saturated carbocycles. The van der Waals surface area contributed by atoms with E-state index < -0.39 is 0 Å². The van der Waals surface area contributed by atoms with Gasteiger partial charge in [-0.15, -0.1) is 0 Å². The van der Waals surface area contributed by atoms with Gasteiger partial charge in [0.25, 0.3) is 0 Å². The lowest BCUT2D eigenvalue weighted by Gasteiger charge is -2.32. The number of methoxy groups -OCH3 is 2. The smallest absolute Gasteiger partial charge is 0.162 e. The van der Waals surface area contributed by atoms with E-state index in [4.69, 9.17) is 19.2 Å². The third-order valence-electron chi connectivity index (χ3n) is 8.01. The van der Waals surface area contributed by atoms with Gasteiger partial charge in [0.15, 0.2) is 11.5 Å². The number of rotatable bonds is 11. The maximum Gasteiger partial charge on any atom is 0.162 e. The quantitative estimate of drug-likeness (QED) is 0.167. The fourth-order valence-corrected chi connectivity index (χ4v) is 5.55. The topological polar surface area (TPSA) is 105 Å². The second kappa shape index (κ2) is 14.0. The van der Waals surface area contributed by atoms with Crippen LogP contribution in [0.2, 0.25) is 0 Å². The summed E-state index contributed by atoms with van der Waals surface area (Å²) in [5.41, 5.74) is 5.40. The highest BCUT2D eigenvalue weighted by Crippen LogP contribution is 2.34. The summed E-state index contributed by atoms with van der Waals surface area (Å²) in [4.78, 5) is 11.9. The number of hydrogen-bond donors (Lipinski definition) is 2. The molecule has 1 aliphatic heterocycles. The summed E-state index contributed by atoms with van der Waals surface area (Å²) >= 11 is 0. The van der Waals surface area contributed by atoms with Gasteiger partial charge in [-0.3, -0.25) is 9.88 Å². The summed E-state index contributed by atoms with van der Waals surface area (Å²) in [6.45, 7) is 3.38.